The minimum Gasteiger partial charge on any atom is -0.302 e. The molecule has 1 rings (SSSR count). The molecular weight excluding hydrogens is 172 g/mol. The van der Waals surface area contributed by atoms with E-state index in [2.05, 4.69) is 44.5 Å². The molecule has 0 N–H and O–H groups in total. The van der Waals surface area contributed by atoms with Crippen LogP contribution in [0, 0.1) is 0 Å². The van der Waals surface area contributed by atoms with Gasteiger partial charge in [0.1, 0.15) is 0 Å². The zero-order chi connectivity index (χ0) is 10.8. The van der Waals surface area contributed by atoms with E-state index in [1.54, 1.807) is 0 Å². The fourth-order valence-corrected chi connectivity index (χ4v) is 2.87. The maximum absolute atomic E-state index is 2.62. The van der Waals surface area contributed by atoms with Crippen molar-refractivity contribution in [2.45, 2.75) is 52.1 Å². The van der Waals surface area contributed by atoms with Gasteiger partial charge in [0.05, 0.1) is 0 Å². The average Bonchev–Trinajstić information content (AvgIpc) is 2.16. The van der Waals surface area contributed by atoms with E-state index in [1.807, 2.05) is 0 Å². The van der Waals surface area contributed by atoms with Crippen molar-refractivity contribution in [3.8, 4) is 0 Å². The van der Waals surface area contributed by atoms with Crippen LogP contribution in [0.2, 0.25) is 0 Å². The summed E-state index contributed by atoms with van der Waals surface area (Å²) in [5.74, 6) is 0. The third kappa shape index (κ3) is 2.12. The van der Waals surface area contributed by atoms with Crippen molar-refractivity contribution in [1.82, 2.24) is 9.80 Å². The van der Waals surface area contributed by atoms with E-state index in [0.717, 1.165) is 12.6 Å². The largest absolute Gasteiger partial charge is 0.302 e. The third-order valence-electron chi connectivity index (χ3n) is 3.95. The number of likely N-dealkylation sites (tertiary alicyclic amines) is 1. The molecule has 1 aliphatic rings. The molecule has 1 heterocycles. The molecule has 0 saturated carbocycles. The average molecular weight is 198 g/mol. The van der Waals surface area contributed by atoms with Gasteiger partial charge in [0.25, 0.3) is 0 Å². The maximum atomic E-state index is 2.62. The van der Waals surface area contributed by atoms with Crippen LogP contribution in [-0.4, -0.2) is 48.1 Å². The Labute approximate surface area is 89.3 Å². The predicted molar refractivity (Wildman–Crippen MR) is 62.7 cm³/mol. The number of hydrogen-bond acceptors (Lipinski definition) is 2. The first kappa shape index (κ1) is 12.0. The lowest BCUT2D eigenvalue weighted by atomic mass is 9.84. The molecule has 1 saturated heterocycles. The van der Waals surface area contributed by atoms with Gasteiger partial charge in [0, 0.05) is 11.6 Å². The maximum Gasteiger partial charge on any atom is 0.0308 e. The molecule has 0 amide bonds. The highest BCUT2D eigenvalue weighted by Crippen LogP contribution is 2.30. The molecule has 14 heavy (non-hydrogen) atoms. The van der Waals surface area contributed by atoms with E-state index < -0.39 is 0 Å². The molecule has 0 aromatic carbocycles. The monoisotopic (exact) mass is 198 g/mol. The molecule has 1 unspecified atom stereocenters. The highest BCUT2D eigenvalue weighted by atomic mass is 15.3. The molecule has 1 fully saturated rings. The van der Waals surface area contributed by atoms with Crippen molar-refractivity contribution in [3.05, 3.63) is 0 Å². The van der Waals surface area contributed by atoms with Crippen LogP contribution in [0.15, 0.2) is 0 Å². The molecule has 1 atom stereocenters. The van der Waals surface area contributed by atoms with Gasteiger partial charge in [-0.3, -0.25) is 4.90 Å². The second-order valence-electron chi connectivity index (χ2n) is 4.96. The standard InChI is InChI=1S/C12H26N2/c1-6-13(5)11-9-8-10-14(7-2)12(11,3)4/h11H,6-10H2,1-5H3. The fraction of sp³-hybridized carbons (Fsp3) is 1.00. The van der Waals surface area contributed by atoms with E-state index >= 15 is 0 Å². The van der Waals surface area contributed by atoms with Crippen molar-refractivity contribution in [2.75, 3.05) is 26.7 Å². The van der Waals surface area contributed by atoms with Crippen molar-refractivity contribution in [1.29, 1.82) is 0 Å². The van der Waals surface area contributed by atoms with Crippen molar-refractivity contribution in [3.63, 3.8) is 0 Å². The van der Waals surface area contributed by atoms with Gasteiger partial charge in [0.15, 0.2) is 0 Å². The Bertz CT molecular complexity index is 177. The Morgan fingerprint density at radius 1 is 1.36 bits per heavy atom. The first-order valence-electron chi connectivity index (χ1n) is 5.99. The second-order valence-corrected chi connectivity index (χ2v) is 4.96. The highest BCUT2D eigenvalue weighted by molar-refractivity contribution is 4.97. The SMILES string of the molecule is CCN(C)C1CCCN(CC)C1(C)C. The molecule has 0 spiro atoms. The van der Waals surface area contributed by atoms with Crippen LogP contribution in [0.5, 0.6) is 0 Å². The lowest BCUT2D eigenvalue weighted by molar-refractivity contribution is -0.00123. The van der Waals surface area contributed by atoms with Gasteiger partial charge < -0.3 is 4.90 Å². The van der Waals surface area contributed by atoms with Crippen molar-refractivity contribution < 1.29 is 0 Å². The molecule has 84 valence electrons. The number of piperidine rings is 1. The molecule has 0 radical (unpaired) electrons. The summed E-state index contributed by atoms with van der Waals surface area (Å²) in [6, 6.07) is 0.723. The minimum absolute atomic E-state index is 0.345. The van der Waals surface area contributed by atoms with Crippen molar-refractivity contribution >= 4 is 0 Å². The summed E-state index contributed by atoms with van der Waals surface area (Å²) in [7, 11) is 2.26. The number of likely N-dealkylation sites (N-methyl/N-ethyl adjacent to an activating group) is 2. The number of nitrogens with zero attached hydrogens (tertiary/aromatic N) is 2. The van der Waals surface area contributed by atoms with Crippen LogP contribution < -0.4 is 0 Å². The van der Waals surface area contributed by atoms with E-state index in [-0.39, 0.29) is 0 Å². The van der Waals surface area contributed by atoms with Gasteiger partial charge in [-0.1, -0.05) is 13.8 Å². The summed E-state index contributed by atoms with van der Waals surface area (Å²) < 4.78 is 0. The molecule has 0 aromatic rings. The molecule has 0 bridgehead atoms. The van der Waals surface area contributed by atoms with Crippen LogP contribution in [0.25, 0.3) is 0 Å². The molecular formula is C12H26N2. The van der Waals surface area contributed by atoms with E-state index in [9.17, 15) is 0 Å². The summed E-state index contributed by atoms with van der Waals surface area (Å²) in [6.07, 6.45) is 2.71. The highest BCUT2D eigenvalue weighted by Gasteiger charge is 2.39. The summed E-state index contributed by atoms with van der Waals surface area (Å²) in [4.78, 5) is 5.12. The van der Waals surface area contributed by atoms with Crippen LogP contribution in [-0.2, 0) is 0 Å². The Kier molecular flexibility index (Phi) is 3.96. The van der Waals surface area contributed by atoms with Crippen LogP contribution in [0.3, 0.4) is 0 Å². The lowest BCUT2D eigenvalue weighted by Crippen LogP contribution is -2.61. The van der Waals surface area contributed by atoms with Gasteiger partial charge in [-0.05, 0) is 53.4 Å². The van der Waals surface area contributed by atoms with Gasteiger partial charge in [-0.25, -0.2) is 0 Å². The van der Waals surface area contributed by atoms with Gasteiger partial charge >= 0.3 is 0 Å². The van der Waals surface area contributed by atoms with Gasteiger partial charge in [-0.2, -0.15) is 0 Å². The van der Waals surface area contributed by atoms with Crippen LogP contribution in [0.4, 0.5) is 0 Å². The molecule has 0 aromatic heterocycles. The first-order chi connectivity index (χ1) is 6.54. The first-order valence-corrected chi connectivity index (χ1v) is 5.99. The van der Waals surface area contributed by atoms with Crippen LogP contribution >= 0.6 is 0 Å². The zero-order valence-electron chi connectivity index (χ0n) is 10.5. The summed E-state index contributed by atoms with van der Waals surface area (Å²) >= 11 is 0. The number of rotatable bonds is 3. The Morgan fingerprint density at radius 2 is 2.00 bits per heavy atom. The molecule has 0 aliphatic carbocycles. The predicted octanol–water partition coefficient (Wildman–Crippen LogP) is 2.20. The zero-order valence-corrected chi connectivity index (χ0v) is 10.5. The van der Waals surface area contributed by atoms with E-state index in [0.29, 0.717) is 5.54 Å². The Balaban J connectivity index is 2.74. The van der Waals surface area contributed by atoms with Gasteiger partial charge in [-0.15, -0.1) is 0 Å². The summed E-state index contributed by atoms with van der Waals surface area (Å²) in [5.41, 5.74) is 0.345. The lowest BCUT2D eigenvalue weighted by Gasteiger charge is -2.51. The minimum atomic E-state index is 0.345. The topological polar surface area (TPSA) is 6.48 Å². The van der Waals surface area contributed by atoms with Crippen molar-refractivity contribution in [2.24, 2.45) is 0 Å². The van der Waals surface area contributed by atoms with Gasteiger partial charge in [0.2, 0.25) is 0 Å². The fourth-order valence-electron chi connectivity index (χ4n) is 2.87. The second kappa shape index (κ2) is 4.63. The normalized spacial score (nSPS) is 28.3. The van der Waals surface area contributed by atoms with Crippen LogP contribution in [0.1, 0.15) is 40.5 Å². The molecule has 2 nitrogen and oxygen atoms in total. The Hall–Kier alpha value is -0.0800. The number of hydrogen-bond donors (Lipinski definition) is 0. The summed E-state index contributed by atoms with van der Waals surface area (Å²) in [5, 5.41) is 0. The smallest absolute Gasteiger partial charge is 0.0308 e. The van der Waals surface area contributed by atoms with E-state index in [1.165, 1.54) is 25.9 Å². The summed E-state index contributed by atoms with van der Waals surface area (Å²) in [6.45, 7) is 12.9. The third-order valence-corrected chi connectivity index (χ3v) is 3.95. The van der Waals surface area contributed by atoms with E-state index in [4.69, 9.17) is 0 Å². The molecule has 2 heteroatoms. The Morgan fingerprint density at radius 3 is 2.50 bits per heavy atom. The quantitative estimate of drug-likeness (QED) is 0.686. The molecule has 1 aliphatic heterocycles.